The average molecular weight is 1020 g/mol. The molecule has 1 aliphatic heterocycles. The largest absolute Gasteiger partial charge is 2.00 e. The summed E-state index contributed by atoms with van der Waals surface area (Å²) < 4.78 is 9.09. The van der Waals surface area contributed by atoms with Crippen LogP contribution in [0.3, 0.4) is 0 Å². The van der Waals surface area contributed by atoms with Crippen molar-refractivity contribution in [3.05, 3.63) is 183 Å². The van der Waals surface area contributed by atoms with Crippen molar-refractivity contribution in [2.75, 3.05) is 4.90 Å². The maximum absolute atomic E-state index is 6.85. The predicted octanol–water partition coefficient (Wildman–Crippen LogP) is 14.7. The van der Waals surface area contributed by atoms with E-state index in [9.17, 15) is 0 Å². The van der Waals surface area contributed by atoms with Crippen LogP contribution in [-0.4, -0.2) is 15.4 Å². The van der Waals surface area contributed by atoms with Crippen LogP contribution in [-0.2, 0) is 31.9 Å². The molecule has 0 unspecified atom stereocenters. The Bertz CT molecular complexity index is 3190. The van der Waals surface area contributed by atoms with E-state index in [2.05, 4.69) is 202 Å². The molecule has 0 saturated heterocycles. The Hall–Kier alpha value is -5.77. The summed E-state index contributed by atoms with van der Waals surface area (Å²) in [5.41, 5.74) is 18.9. The van der Waals surface area contributed by atoms with Crippen LogP contribution in [0.2, 0.25) is 0 Å². The first-order chi connectivity index (χ1) is 29.9. The zero-order chi connectivity index (χ0) is 44.3. The molecule has 0 spiro atoms. The smallest absolute Gasteiger partial charge is 0.503 e. The standard InChI is InChI=1S/C58H56N4O.Pt/c1-33-13-17-45-47(27-33)48-28-34(2)14-18-46(48)55-53(45)60-56(62(55)54-37(5)23-35(3)24-38(54)6)39-25-36(4)26-43(29-39)63-42-16-19-44-49-30-40(57(7,8)9)15-20-50(49)61(51(44)32-42)52-31-41(21-22-59-52)58(10,11)12;/h13-28,30-31,53,55H,1-12H3;/q-2;+2/t53-,55+;/m1./s1. The number of aryl methyl sites for hydroxylation is 6. The molecule has 2 aromatic heterocycles. The van der Waals surface area contributed by atoms with Crippen LogP contribution < -0.4 is 9.64 Å². The van der Waals surface area contributed by atoms with Crippen LogP contribution in [0.5, 0.6) is 11.5 Å². The van der Waals surface area contributed by atoms with E-state index in [0.717, 1.165) is 39.2 Å². The summed E-state index contributed by atoms with van der Waals surface area (Å²) in [5.74, 6) is 2.99. The van der Waals surface area contributed by atoms with Crippen molar-refractivity contribution < 1.29 is 25.8 Å². The number of aliphatic imine (C=N–C) groups is 1. The molecule has 0 saturated carbocycles. The van der Waals surface area contributed by atoms with E-state index in [1.54, 1.807) is 0 Å². The molecule has 324 valence electrons. The molecule has 0 N–H and O–H groups in total. The minimum atomic E-state index is -0.106. The summed E-state index contributed by atoms with van der Waals surface area (Å²) in [5, 5.41) is 2.28. The number of aromatic nitrogens is 2. The summed E-state index contributed by atoms with van der Waals surface area (Å²) in [6.45, 7) is 26.6. The van der Waals surface area contributed by atoms with Crippen molar-refractivity contribution in [1.29, 1.82) is 0 Å². The van der Waals surface area contributed by atoms with E-state index in [-0.39, 0.29) is 44.0 Å². The number of benzene rings is 6. The Morgan fingerprint density at radius 2 is 1.22 bits per heavy atom. The number of fused-ring (bicyclic) bond motifs is 9. The third-order valence-electron chi connectivity index (χ3n) is 13.1. The van der Waals surface area contributed by atoms with E-state index in [1.165, 1.54) is 72.3 Å². The van der Waals surface area contributed by atoms with Crippen LogP contribution in [0, 0.1) is 53.7 Å². The van der Waals surface area contributed by atoms with Crippen molar-refractivity contribution in [3.63, 3.8) is 0 Å². The maximum Gasteiger partial charge on any atom is 2.00 e. The second-order valence-corrected chi connectivity index (χ2v) is 20.2. The Balaban J connectivity index is 0.00000518. The molecule has 6 aromatic carbocycles. The number of pyridine rings is 1. The number of amidine groups is 1. The third-order valence-corrected chi connectivity index (χ3v) is 13.1. The zero-order valence-electron chi connectivity index (χ0n) is 39.1. The van der Waals surface area contributed by atoms with Crippen LogP contribution in [0.4, 0.5) is 5.69 Å². The molecule has 6 heteroatoms. The quantitative estimate of drug-likeness (QED) is 0.161. The van der Waals surface area contributed by atoms with Gasteiger partial charge in [-0.05, 0) is 114 Å². The van der Waals surface area contributed by atoms with Gasteiger partial charge >= 0.3 is 21.1 Å². The third kappa shape index (κ3) is 7.40. The Morgan fingerprint density at radius 1 is 0.578 bits per heavy atom. The first kappa shape index (κ1) is 43.5. The van der Waals surface area contributed by atoms with Gasteiger partial charge in [-0.15, -0.1) is 34.7 Å². The second kappa shape index (κ2) is 15.7. The topological polar surface area (TPSA) is 42.6 Å². The van der Waals surface area contributed by atoms with E-state index < -0.39 is 0 Å². The van der Waals surface area contributed by atoms with E-state index in [0.29, 0.717) is 11.5 Å². The molecule has 5 nitrogen and oxygen atoms in total. The molecule has 0 bridgehead atoms. The number of hydrogen-bond donors (Lipinski definition) is 0. The van der Waals surface area contributed by atoms with Crippen molar-refractivity contribution in [1.82, 2.24) is 9.55 Å². The van der Waals surface area contributed by atoms with Gasteiger partial charge in [0.25, 0.3) is 0 Å². The molecular weight excluding hydrogens is 964 g/mol. The molecule has 0 amide bonds. The first-order valence-corrected chi connectivity index (χ1v) is 22.3. The van der Waals surface area contributed by atoms with Crippen molar-refractivity contribution >= 4 is 33.3 Å². The van der Waals surface area contributed by atoms with Crippen LogP contribution in [0.1, 0.15) is 115 Å². The van der Waals surface area contributed by atoms with Gasteiger partial charge in [0.2, 0.25) is 0 Å². The fourth-order valence-electron chi connectivity index (χ4n) is 10.1. The number of ether oxygens (including phenoxy) is 1. The summed E-state index contributed by atoms with van der Waals surface area (Å²) in [6, 6.07) is 45.3. The van der Waals surface area contributed by atoms with Crippen LogP contribution in [0.15, 0.2) is 114 Å². The molecule has 3 heterocycles. The minimum absolute atomic E-state index is 0. The molecule has 64 heavy (non-hydrogen) atoms. The summed E-state index contributed by atoms with van der Waals surface area (Å²) >= 11 is 0. The first-order valence-electron chi connectivity index (χ1n) is 22.3. The molecule has 2 aliphatic rings. The van der Waals surface area contributed by atoms with E-state index in [1.807, 2.05) is 12.3 Å². The van der Waals surface area contributed by atoms with Crippen LogP contribution in [0.25, 0.3) is 38.8 Å². The SMILES string of the molecule is Cc1cc(Oc2[c-]c3c(cc2)c2cc(C(C)(C)C)ccc2n3-c2cc(C(C)(C)C)ccn2)[c-]c(C2=N[C@@H]3c4ccc(C)cc4-c4cc(C)ccc4[C@@H]3N2c2c(C)cc(C)cc2C)c1.[Pt+2]. The minimum Gasteiger partial charge on any atom is -0.503 e. The van der Waals surface area contributed by atoms with Gasteiger partial charge in [0, 0.05) is 28.9 Å². The Morgan fingerprint density at radius 3 is 1.91 bits per heavy atom. The fourth-order valence-corrected chi connectivity index (χ4v) is 10.1. The van der Waals surface area contributed by atoms with Gasteiger partial charge < -0.3 is 19.2 Å². The number of nitrogens with zero attached hydrogens (tertiary/aromatic N) is 4. The molecule has 0 fully saturated rings. The maximum atomic E-state index is 6.85. The fraction of sp³-hybridized carbons (Fsp3) is 0.276. The van der Waals surface area contributed by atoms with Gasteiger partial charge in [0.1, 0.15) is 5.82 Å². The average Bonchev–Trinajstić information content (AvgIpc) is 3.76. The Kier molecular flexibility index (Phi) is 10.7. The molecule has 10 rings (SSSR count). The number of hydrogen-bond acceptors (Lipinski definition) is 4. The second-order valence-electron chi connectivity index (χ2n) is 20.2. The van der Waals surface area contributed by atoms with Crippen molar-refractivity contribution in [3.8, 4) is 28.4 Å². The van der Waals surface area contributed by atoms with Crippen LogP contribution >= 0.6 is 0 Å². The monoisotopic (exact) mass is 1020 g/mol. The van der Waals surface area contributed by atoms with Crippen molar-refractivity contribution in [2.45, 2.75) is 106 Å². The van der Waals surface area contributed by atoms with Gasteiger partial charge in [-0.25, -0.2) is 4.98 Å². The summed E-state index contributed by atoms with van der Waals surface area (Å²) in [7, 11) is 0. The number of anilines is 1. The zero-order valence-corrected chi connectivity index (χ0v) is 41.3. The molecule has 2 atom stereocenters. The van der Waals surface area contributed by atoms with Crippen molar-refractivity contribution in [2.24, 2.45) is 4.99 Å². The summed E-state index contributed by atoms with van der Waals surface area (Å²) in [6.07, 6.45) is 1.92. The molecule has 0 radical (unpaired) electrons. The normalized spacial score (nSPS) is 15.8. The molecule has 1 aliphatic carbocycles. The van der Waals surface area contributed by atoms with Gasteiger partial charge in [0.05, 0.1) is 17.9 Å². The van der Waals surface area contributed by atoms with Gasteiger partial charge in [-0.3, -0.25) is 0 Å². The van der Waals surface area contributed by atoms with E-state index >= 15 is 0 Å². The number of rotatable bonds is 5. The van der Waals surface area contributed by atoms with Gasteiger partial charge in [0.15, 0.2) is 0 Å². The molecular formula is C58H56N4OPt. The van der Waals surface area contributed by atoms with Gasteiger partial charge in [-0.2, -0.15) is 6.07 Å². The van der Waals surface area contributed by atoms with E-state index in [4.69, 9.17) is 14.7 Å². The predicted molar refractivity (Wildman–Crippen MR) is 261 cm³/mol. The summed E-state index contributed by atoms with van der Waals surface area (Å²) in [4.78, 5) is 13.2. The van der Waals surface area contributed by atoms with Gasteiger partial charge in [-0.1, -0.05) is 143 Å². The Labute approximate surface area is 393 Å². The molecule has 8 aromatic rings.